The predicted molar refractivity (Wildman–Crippen MR) is 74.4 cm³/mol. The molecule has 2 rings (SSSR count). The summed E-state index contributed by atoms with van der Waals surface area (Å²) in [6.45, 7) is 0.00538. The molecule has 7 heteroatoms. The van der Waals surface area contributed by atoms with Crippen LogP contribution >= 0.6 is 0 Å². The fourth-order valence-corrected chi connectivity index (χ4v) is 1.98. The van der Waals surface area contributed by atoms with E-state index in [1.807, 2.05) is 6.20 Å². The maximum absolute atomic E-state index is 13.4. The lowest BCUT2D eigenvalue weighted by atomic mass is 10.1. The Morgan fingerprint density at radius 1 is 1.36 bits per heavy atom. The molecule has 1 heterocycles. The van der Waals surface area contributed by atoms with Gasteiger partial charge in [0.1, 0.15) is 23.3 Å². The van der Waals surface area contributed by atoms with Gasteiger partial charge < -0.3 is 5.32 Å². The molecule has 1 aromatic carbocycles. The van der Waals surface area contributed by atoms with E-state index in [9.17, 15) is 13.6 Å². The minimum absolute atomic E-state index is 0.00538. The van der Waals surface area contributed by atoms with E-state index in [2.05, 4.69) is 10.4 Å². The molecule has 0 aliphatic rings. The highest BCUT2D eigenvalue weighted by molar-refractivity contribution is 5.76. The minimum Gasteiger partial charge on any atom is -0.352 e. The Balaban J connectivity index is 1.87. The molecule has 0 bridgehead atoms. The SMILES string of the molecule is Cn1cc(CCC(=O)NCc2cc(F)c(C#N)c(F)c2)cn1. The van der Waals surface area contributed by atoms with Gasteiger partial charge >= 0.3 is 0 Å². The molecule has 1 aromatic heterocycles. The Labute approximate surface area is 126 Å². The number of rotatable bonds is 5. The van der Waals surface area contributed by atoms with Crippen molar-refractivity contribution in [3.8, 4) is 6.07 Å². The summed E-state index contributed by atoms with van der Waals surface area (Å²) < 4.78 is 28.5. The third kappa shape index (κ3) is 3.88. The van der Waals surface area contributed by atoms with E-state index < -0.39 is 17.2 Å². The van der Waals surface area contributed by atoms with Crippen molar-refractivity contribution in [2.75, 3.05) is 0 Å². The lowest BCUT2D eigenvalue weighted by Crippen LogP contribution is -2.23. The van der Waals surface area contributed by atoms with Gasteiger partial charge in [-0.2, -0.15) is 10.4 Å². The number of aryl methyl sites for hydroxylation is 2. The number of aromatic nitrogens is 2. The van der Waals surface area contributed by atoms with E-state index in [0.29, 0.717) is 6.42 Å². The van der Waals surface area contributed by atoms with Crippen LogP contribution in [0.3, 0.4) is 0 Å². The Bertz CT molecular complexity index is 710. The van der Waals surface area contributed by atoms with E-state index >= 15 is 0 Å². The molecule has 0 saturated carbocycles. The van der Waals surface area contributed by atoms with E-state index in [1.165, 1.54) is 6.07 Å². The van der Waals surface area contributed by atoms with Crippen LogP contribution in [0, 0.1) is 23.0 Å². The van der Waals surface area contributed by atoms with Crippen molar-refractivity contribution in [2.45, 2.75) is 19.4 Å². The summed E-state index contributed by atoms with van der Waals surface area (Å²) in [5.74, 6) is -2.08. The van der Waals surface area contributed by atoms with Gasteiger partial charge in [0.05, 0.1) is 6.20 Å². The topological polar surface area (TPSA) is 70.7 Å². The number of amides is 1. The van der Waals surface area contributed by atoms with Gasteiger partial charge in [0.15, 0.2) is 0 Å². The molecule has 0 spiro atoms. The van der Waals surface area contributed by atoms with Crippen molar-refractivity contribution in [3.05, 3.63) is 52.9 Å². The monoisotopic (exact) mass is 304 g/mol. The predicted octanol–water partition coefficient (Wildman–Crippen LogP) is 1.82. The maximum atomic E-state index is 13.4. The number of hydrogen-bond acceptors (Lipinski definition) is 3. The molecule has 0 aliphatic heterocycles. The molecule has 22 heavy (non-hydrogen) atoms. The molecule has 2 aromatic rings. The number of nitrogens with one attached hydrogen (secondary N) is 1. The van der Waals surface area contributed by atoms with Crippen LogP contribution in [0.1, 0.15) is 23.1 Å². The molecule has 1 amide bonds. The Morgan fingerprint density at radius 2 is 2.05 bits per heavy atom. The number of carbonyl (C=O) groups is 1. The molecule has 0 unspecified atom stereocenters. The highest BCUT2D eigenvalue weighted by atomic mass is 19.1. The Kier molecular flexibility index (Phi) is 4.84. The first-order valence-corrected chi connectivity index (χ1v) is 6.62. The smallest absolute Gasteiger partial charge is 0.220 e. The van der Waals surface area contributed by atoms with Crippen LogP contribution in [0.5, 0.6) is 0 Å². The zero-order valence-corrected chi connectivity index (χ0v) is 11.9. The van der Waals surface area contributed by atoms with Gasteiger partial charge in [-0.1, -0.05) is 0 Å². The van der Waals surface area contributed by atoms with Gasteiger partial charge in [0.2, 0.25) is 5.91 Å². The largest absolute Gasteiger partial charge is 0.352 e. The molecule has 114 valence electrons. The zero-order chi connectivity index (χ0) is 16.1. The lowest BCUT2D eigenvalue weighted by Gasteiger charge is -2.06. The minimum atomic E-state index is -0.929. The van der Waals surface area contributed by atoms with Crippen molar-refractivity contribution in [1.29, 1.82) is 5.26 Å². The molecule has 0 saturated heterocycles. The summed E-state index contributed by atoms with van der Waals surface area (Å²) >= 11 is 0. The molecule has 0 atom stereocenters. The van der Waals surface area contributed by atoms with E-state index in [4.69, 9.17) is 5.26 Å². The van der Waals surface area contributed by atoms with E-state index in [-0.39, 0.29) is 24.4 Å². The fourth-order valence-electron chi connectivity index (χ4n) is 1.98. The number of carbonyl (C=O) groups excluding carboxylic acids is 1. The van der Waals surface area contributed by atoms with Gasteiger partial charge in [-0.05, 0) is 29.7 Å². The van der Waals surface area contributed by atoms with Crippen LogP contribution in [0.15, 0.2) is 24.5 Å². The number of hydrogen-bond donors (Lipinski definition) is 1. The first kappa shape index (κ1) is 15.6. The zero-order valence-electron chi connectivity index (χ0n) is 11.9. The van der Waals surface area contributed by atoms with Gasteiger partial charge in [-0.3, -0.25) is 9.48 Å². The highest BCUT2D eigenvalue weighted by Crippen LogP contribution is 2.14. The second kappa shape index (κ2) is 6.80. The van der Waals surface area contributed by atoms with Gasteiger partial charge in [0, 0.05) is 26.2 Å². The molecule has 0 aliphatic carbocycles. The highest BCUT2D eigenvalue weighted by Gasteiger charge is 2.11. The molecule has 0 fully saturated rings. The average Bonchev–Trinajstić information content (AvgIpc) is 2.88. The summed E-state index contributed by atoms with van der Waals surface area (Å²) in [7, 11) is 1.79. The van der Waals surface area contributed by atoms with Crippen LogP contribution in [-0.2, 0) is 24.8 Å². The summed E-state index contributed by atoms with van der Waals surface area (Å²) in [5.41, 5.74) is 0.587. The third-order valence-electron chi connectivity index (χ3n) is 3.10. The summed E-state index contributed by atoms with van der Waals surface area (Å²) in [5, 5.41) is 15.2. The average molecular weight is 304 g/mol. The molecular formula is C15H14F2N4O. The van der Waals surface area contributed by atoms with Crippen molar-refractivity contribution >= 4 is 5.91 Å². The van der Waals surface area contributed by atoms with Crippen LogP contribution in [0.25, 0.3) is 0 Å². The summed E-state index contributed by atoms with van der Waals surface area (Å²) in [4.78, 5) is 11.7. The summed E-state index contributed by atoms with van der Waals surface area (Å²) in [6, 6.07) is 3.54. The molecule has 0 radical (unpaired) electrons. The van der Waals surface area contributed by atoms with Crippen molar-refractivity contribution in [1.82, 2.24) is 15.1 Å². The number of benzene rings is 1. The van der Waals surface area contributed by atoms with Gasteiger partial charge in [-0.25, -0.2) is 8.78 Å². The van der Waals surface area contributed by atoms with Crippen LogP contribution in [0.4, 0.5) is 8.78 Å². The van der Waals surface area contributed by atoms with Crippen LogP contribution in [-0.4, -0.2) is 15.7 Å². The van der Waals surface area contributed by atoms with Crippen LogP contribution < -0.4 is 5.32 Å². The van der Waals surface area contributed by atoms with Crippen molar-refractivity contribution < 1.29 is 13.6 Å². The van der Waals surface area contributed by atoms with E-state index in [1.54, 1.807) is 17.9 Å². The van der Waals surface area contributed by atoms with Gasteiger partial charge in [0.25, 0.3) is 0 Å². The molecular weight excluding hydrogens is 290 g/mol. The normalized spacial score (nSPS) is 10.3. The first-order chi connectivity index (χ1) is 10.5. The maximum Gasteiger partial charge on any atom is 0.220 e. The lowest BCUT2D eigenvalue weighted by molar-refractivity contribution is -0.121. The van der Waals surface area contributed by atoms with E-state index in [0.717, 1.165) is 17.7 Å². The second-order valence-corrected chi connectivity index (χ2v) is 4.85. The second-order valence-electron chi connectivity index (χ2n) is 4.85. The number of halogens is 2. The quantitative estimate of drug-likeness (QED) is 0.916. The first-order valence-electron chi connectivity index (χ1n) is 6.62. The number of nitriles is 1. The fraction of sp³-hybridized carbons (Fsp3) is 0.267. The molecule has 1 N–H and O–H groups in total. The van der Waals surface area contributed by atoms with Crippen LogP contribution in [0.2, 0.25) is 0 Å². The van der Waals surface area contributed by atoms with Crippen molar-refractivity contribution in [3.63, 3.8) is 0 Å². The third-order valence-corrected chi connectivity index (χ3v) is 3.10. The standard InChI is InChI=1S/C15H14F2N4O/c1-21-9-10(8-20-21)2-3-15(22)19-7-11-4-13(16)12(6-18)14(17)5-11/h4-5,8-9H,2-3,7H2,1H3,(H,19,22). The number of nitrogens with zero attached hydrogens (tertiary/aromatic N) is 3. The summed E-state index contributed by atoms with van der Waals surface area (Å²) in [6.07, 6.45) is 4.29. The van der Waals surface area contributed by atoms with Crippen molar-refractivity contribution in [2.24, 2.45) is 7.05 Å². The molecule has 5 nitrogen and oxygen atoms in total. The Morgan fingerprint density at radius 3 is 2.59 bits per heavy atom. The van der Waals surface area contributed by atoms with Gasteiger partial charge in [-0.15, -0.1) is 0 Å². The Hall–Kier alpha value is -2.75.